The highest BCUT2D eigenvalue weighted by atomic mass is 32.2. The summed E-state index contributed by atoms with van der Waals surface area (Å²) < 4.78 is 5.24. The van der Waals surface area contributed by atoms with E-state index in [1.54, 1.807) is 14.0 Å². The van der Waals surface area contributed by atoms with Gasteiger partial charge in [0, 0.05) is 23.7 Å². The lowest BCUT2D eigenvalue weighted by Crippen LogP contribution is -2.08. The Morgan fingerprint density at radius 2 is 2.15 bits per heavy atom. The maximum atomic E-state index is 10.9. The number of carbonyl (C=O) groups is 1. The first kappa shape index (κ1) is 13.3. The summed E-state index contributed by atoms with van der Waals surface area (Å²) >= 11 is 3.21. The van der Waals surface area contributed by atoms with Gasteiger partial charge in [-0.15, -0.1) is 11.8 Å². The fraction of sp³-hybridized carbons (Fsp3) is 0.889. The van der Waals surface area contributed by atoms with Crippen LogP contribution in [0, 0.1) is 0 Å². The van der Waals surface area contributed by atoms with E-state index in [1.807, 2.05) is 11.8 Å². The van der Waals surface area contributed by atoms with Crippen LogP contribution in [-0.2, 0) is 8.98 Å². The second-order valence-corrected chi connectivity index (χ2v) is 5.99. The summed E-state index contributed by atoms with van der Waals surface area (Å²) in [4.78, 5) is 10.9. The molecule has 0 aliphatic rings. The summed E-state index contributed by atoms with van der Waals surface area (Å²) in [5.41, 5.74) is 0. The molecule has 0 bridgehead atoms. The first-order valence-corrected chi connectivity index (χ1v) is 6.19. The van der Waals surface area contributed by atoms with Gasteiger partial charge in [0.2, 0.25) is 0 Å². The SMILES string of the molecule is CCC(C)SC(CC(C)=O)SOC. The van der Waals surface area contributed by atoms with Gasteiger partial charge in [0.25, 0.3) is 0 Å². The maximum absolute atomic E-state index is 10.9. The minimum atomic E-state index is 0.227. The molecule has 2 unspecified atom stereocenters. The van der Waals surface area contributed by atoms with Gasteiger partial charge in [-0.25, -0.2) is 0 Å². The fourth-order valence-electron chi connectivity index (χ4n) is 0.802. The predicted octanol–water partition coefficient (Wildman–Crippen LogP) is 3.12. The van der Waals surface area contributed by atoms with Gasteiger partial charge in [-0.05, 0) is 13.3 Å². The summed E-state index contributed by atoms with van der Waals surface area (Å²) in [7, 11) is 1.65. The van der Waals surface area contributed by atoms with E-state index >= 15 is 0 Å². The van der Waals surface area contributed by atoms with Crippen molar-refractivity contribution in [1.29, 1.82) is 0 Å². The zero-order valence-electron chi connectivity index (χ0n) is 8.70. The number of carbonyl (C=O) groups excluding carboxylic acids is 1. The molecule has 0 amide bonds. The molecule has 0 aliphatic carbocycles. The van der Waals surface area contributed by atoms with Crippen LogP contribution in [0.15, 0.2) is 0 Å². The van der Waals surface area contributed by atoms with E-state index in [9.17, 15) is 4.79 Å². The molecule has 0 spiro atoms. The highest BCUT2D eigenvalue weighted by molar-refractivity contribution is 8.15. The van der Waals surface area contributed by atoms with Crippen molar-refractivity contribution in [3.05, 3.63) is 0 Å². The average Bonchev–Trinajstić information content (AvgIpc) is 2.03. The summed E-state index contributed by atoms with van der Waals surface area (Å²) in [5.74, 6) is 0.227. The Bertz CT molecular complexity index is 151. The molecule has 2 atom stereocenters. The zero-order valence-corrected chi connectivity index (χ0v) is 10.3. The Balaban J connectivity index is 3.85. The lowest BCUT2D eigenvalue weighted by molar-refractivity contribution is -0.116. The van der Waals surface area contributed by atoms with E-state index < -0.39 is 0 Å². The van der Waals surface area contributed by atoms with Crippen molar-refractivity contribution in [2.24, 2.45) is 0 Å². The molecule has 4 heteroatoms. The van der Waals surface area contributed by atoms with Crippen LogP contribution >= 0.6 is 23.8 Å². The number of Topliss-reactive ketones (excluding diaryl/α,β-unsaturated/α-hetero) is 1. The van der Waals surface area contributed by atoms with Crippen LogP contribution in [0.1, 0.15) is 33.6 Å². The van der Waals surface area contributed by atoms with Crippen molar-refractivity contribution in [2.45, 2.75) is 43.4 Å². The van der Waals surface area contributed by atoms with Crippen LogP contribution in [0.3, 0.4) is 0 Å². The average molecular weight is 222 g/mol. The standard InChI is InChI=1S/C9H18O2S2/c1-5-8(3)12-9(13-11-4)6-7(2)10/h8-9H,5-6H2,1-4H3. The molecule has 0 saturated carbocycles. The van der Waals surface area contributed by atoms with E-state index in [0.29, 0.717) is 11.7 Å². The third-order valence-electron chi connectivity index (χ3n) is 1.62. The zero-order chi connectivity index (χ0) is 10.3. The van der Waals surface area contributed by atoms with Crippen molar-refractivity contribution in [3.8, 4) is 0 Å². The summed E-state index contributed by atoms with van der Waals surface area (Å²) in [6.07, 6.45) is 1.72. The largest absolute Gasteiger partial charge is 0.317 e. The number of thioether (sulfide) groups is 1. The van der Waals surface area contributed by atoms with Crippen LogP contribution in [-0.4, -0.2) is 22.7 Å². The van der Waals surface area contributed by atoms with Crippen molar-refractivity contribution in [3.63, 3.8) is 0 Å². The van der Waals surface area contributed by atoms with E-state index in [0.717, 1.165) is 6.42 Å². The fourth-order valence-corrected chi connectivity index (χ4v) is 3.35. The molecule has 0 radical (unpaired) electrons. The molecule has 0 aliphatic heterocycles. The topological polar surface area (TPSA) is 26.3 Å². The summed E-state index contributed by atoms with van der Waals surface area (Å²) in [6.45, 7) is 5.95. The van der Waals surface area contributed by atoms with Crippen molar-refractivity contribution in [2.75, 3.05) is 7.11 Å². The number of hydrogen-bond donors (Lipinski definition) is 0. The monoisotopic (exact) mass is 222 g/mol. The van der Waals surface area contributed by atoms with Gasteiger partial charge in [-0.2, -0.15) is 0 Å². The van der Waals surface area contributed by atoms with Gasteiger partial charge in [0.1, 0.15) is 5.78 Å². The Labute approximate surface area is 89.4 Å². The molecular weight excluding hydrogens is 204 g/mol. The Hall–Kier alpha value is 0.330. The Morgan fingerprint density at radius 3 is 2.54 bits per heavy atom. The minimum Gasteiger partial charge on any atom is -0.317 e. The first-order valence-electron chi connectivity index (χ1n) is 4.44. The van der Waals surface area contributed by atoms with Crippen molar-refractivity contribution >= 4 is 29.6 Å². The smallest absolute Gasteiger partial charge is 0.131 e. The molecule has 0 fully saturated rings. The minimum absolute atomic E-state index is 0.227. The summed E-state index contributed by atoms with van der Waals surface area (Å²) in [5, 5.41) is 0.590. The molecule has 0 heterocycles. The van der Waals surface area contributed by atoms with Crippen LogP contribution in [0.2, 0.25) is 0 Å². The van der Waals surface area contributed by atoms with Crippen LogP contribution in [0.5, 0.6) is 0 Å². The normalized spacial score (nSPS) is 15.4. The second kappa shape index (κ2) is 7.71. The highest BCUT2D eigenvalue weighted by Crippen LogP contribution is 2.31. The Kier molecular flexibility index (Phi) is 7.90. The number of rotatable bonds is 7. The van der Waals surface area contributed by atoms with Gasteiger partial charge in [-0.3, -0.25) is 4.79 Å². The third-order valence-corrected chi connectivity index (χ3v) is 4.03. The highest BCUT2D eigenvalue weighted by Gasteiger charge is 2.15. The van der Waals surface area contributed by atoms with Crippen molar-refractivity contribution < 1.29 is 8.98 Å². The molecule has 78 valence electrons. The van der Waals surface area contributed by atoms with Gasteiger partial charge in [0.15, 0.2) is 0 Å². The number of ketones is 1. The van der Waals surface area contributed by atoms with Crippen LogP contribution < -0.4 is 0 Å². The maximum Gasteiger partial charge on any atom is 0.131 e. The van der Waals surface area contributed by atoms with E-state index in [2.05, 4.69) is 13.8 Å². The third kappa shape index (κ3) is 7.40. The lowest BCUT2D eigenvalue weighted by Gasteiger charge is -2.16. The predicted molar refractivity (Wildman–Crippen MR) is 61.0 cm³/mol. The molecule has 2 nitrogen and oxygen atoms in total. The second-order valence-electron chi connectivity index (χ2n) is 2.95. The Morgan fingerprint density at radius 1 is 1.54 bits per heavy atom. The molecule has 0 aromatic carbocycles. The first-order chi connectivity index (χ1) is 6.10. The molecule has 0 aromatic heterocycles. The van der Waals surface area contributed by atoms with Gasteiger partial charge in [0.05, 0.1) is 11.7 Å². The van der Waals surface area contributed by atoms with Crippen LogP contribution in [0.25, 0.3) is 0 Å². The van der Waals surface area contributed by atoms with E-state index in [1.165, 1.54) is 12.0 Å². The lowest BCUT2D eigenvalue weighted by atomic mass is 10.3. The molecule has 13 heavy (non-hydrogen) atoms. The van der Waals surface area contributed by atoms with Gasteiger partial charge >= 0.3 is 0 Å². The molecule has 0 rings (SSSR count). The molecule has 0 N–H and O–H groups in total. The molecule has 0 aromatic rings. The van der Waals surface area contributed by atoms with E-state index in [-0.39, 0.29) is 10.4 Å². The van der Waals surface area contributed by atoms with Gasteiger partial charge in [-0.1, -0.05) is 13.8 Å². The number of hydrogen-bond acceptors (Lipinski definition) is 4. The summed E-state index contributed by atoms with van der Waals surface area (Å²) in [6, 6.07) is 0. The van der Waals surface area contributed by atoms with Crippen LogP contribution in [0.4, 0.5) is 0 Å². The van der Waals surface area contributed by atoms with Gasteiger partial charge < -0.3 is 4.18 Å². The molecule has 0 saturated heterocycles. The molecular formula is C9H18O2S2. The quantitative estimate of drug-likeness (QED) is 0.488. The van der Waals surface area contributed by atoms with E-state index in [4.69, 9.17) is 4.18 Å². The van der Waals surface area contributed by atoms with Crippen molar-refractivity contribution in [1.82, 2.24) is 0 Å².